The molecule has 140 valence electrons. The smallest absolute Gasteiger partial charge is 0.322 e. The third-order valence-electron chi connectivity index (χ3n) is 4.55. The molecule has 3 rings (SSSR count). The number of aryl methyl sites for hydroxylation is 2. The van der Waals surface area contributed by atoms with E-state index in [0.717, 1.165) is 13.1 Å². The first-order valence-corrected chi connectivity index (χ1v) is 8.83. The van der Waals surface area contributed by atoms with Gasteiger partial charge in [0, 0.05) is 38.1 Å². The fourth-order valence-electron chi connectivity index (χ4n) is 3.26. The minimum atomic E-state index is -0.217. The maximum atomic E-state index is 12.6. The van der Waals surface area contributed by atoms with Crippen LogP contribution in [-0.2, 0) is 0 Å². The third-order valence-corrected chi connectivity index (χ3v) is 4.55. The van der Waals surface area contributed by atoms with Crippen LogP contribution in [0, 0.1) is 25.2 Å². The summed E-state index contributed by atoms with van der Waals surface area (Å²) in [6.45, 7) is 6.96. The van der Waals surface area contributed by atoms with Gasteiger partial charge < -0.3 is 19.9 Å². The molecule has 2 amide bonds. The minimum Gasteiger partial charge on any atom is -0.480 e. The van der Waals surface area contributed by atoms with E-state index in [2.05, 4.69) is 47.2 Å². The van der Waals surface area contributed by atoms with Gasteiger partial charge in [-0.1, -0.05) is 6.07 Å². The van der Waals surface area contributed by atoms with Crippen LogP contribution in [0.15, 0.2) is 30.5 Å². The first-order valence-electron chi connectivity index (χ1n) is 8.83. The number of aromatic nitrogens is 1. The molecule has 7 heteroatoms. The lowest BCUT2D eigenvalue weighted by atomic mass is 10.1. The summed E-state index contributed by atoms with van der Waals surface area (Å²) in [6, 6.07) is 9.87. The van der Waals surface area contributed by atoms with Crippen molar-refractivity contribution in [3.05, 3.63) is 47.2 Å². The molecule has 1 aliphatic rings. The van der Waals surface area contributed by atoms with Gasteiger partial charge in [-0.05, 0) is 43.2 Å². The molecule has 0 saturated carbocycles. The Morgan fingerprint density at radius 3 is 2.41 bits per heavy atom. The lowest BCUT2D eigenvalue weighted by molar-refractivity contribution is 0.208. The lowest BCUT2D eigenvalue weighted by Crippen LogP contribution is -2.50. The Morgan fingerprint density at radius 2 is 1.81 bits per heavy atom. The summed E-state index contributed by atoms with van der Waals surface area (Å²) in [4.78, 5) is 20.7. The fraction of sp³-hybridized carbons (Fsp3) is 0.350. The molecule has 1 aromatic carbocycles. The van der Waals surface area contributed by atoms with Gasteiger partial charge in [-0.3, -0.25) is 0 Å². The molecule has 2 heterocycles. The molecule has 0 spiro atoms. The zero-order valence-electron chi connectivity index (χ0n) is 15.8. The third kappa shape index (κ3) is 4.29. The van der Waals surface area contributed by atoms with E-state index >= 15 is 0 Å². The van der Waals surface area contributed by atoms with Crippen LogP contribution in [0.25, 0.3) is 0 Å². The van der Waals surface area contributed by atoms with E-state index in [9.17, 15) is 4.79 Å². The van der Waals surface area contributed by atoms with E-state index in [-0.39, 0.29) is 11.9 Å². The van der Waals surface area contributed by atoms with Crippen molar-refractivity contribution in [3.63, 3.8) is 0 Å². The summed E-state index contributed by atoms with van der Waals surface area (Å²) in [7, 11) is 1.48. The number of nitrogens with zero attached hydrogens (tertiary/aromatic N) is 4. The number of pyridine rings is 1. The Balaban J connectivity index is 1.64. The number of methoxy groups -OCH3 is 1. The number of hydrogen-bond donors (Lipinski definition) is 1. The van der Waals surface area contributed by atoms with E-state index in [1.807, 2.05) is 6.07 Å². The second kappa shape index (κ2) is 7.96. The number of nitrogens with one attached hydrogen (secondary N) is 1. The van der Waals surface area contributed by atoms with Gasteiger partial charge >= 0.3 is 6.03 Å². The van der Waals surface area contributed by atoms with Crippen LogP contribution in [0.1, 0.15) is 16.7 Å². The molecular formula is C20H23N5O2. The van der Waals surface area contributed by atoms with Crippen LogP contribution in [0.4, 0.5) is 16.2 Å². The number of carbonyl (C=O) groups excluding carboxylic acids is 1. The molecule has 1 N–H and O–H groups in total. The summed E-state index contributed by atoms with van der Waals surface area (Å²) in [5.41, 5.74) is 4.44. The Labute approximate surface area is 159 Å². The summed E-state index contributed by atoms with van der Waals surface area (Å²) in [5.74, 6) is 0.288. The molecule has 2 aromatic rings. The molecule has 1 saturated heterocycles. The van der Waals surface area contributed by atoms with Crippen LogP contribution < -0.4 is 15.0 Å². The van der Waals surface area contributed by atoms with Crippen molar-refractivity contribution in [2.45, 2.75) is 13.8 Å². The van der Waals surface area contributed by atoms with Gasteiger partial charge in [0.05, 0.1) is 12.7 Å². The zero-order chi connectivity index (χ0) is 19.4. The number of nitriles is 1. The first kappa shape index (κ1) is 18.5. The van der Waals surface area contributed by atoms with Crippen LogP contribution in [0.5, 0.6) is 5.88 Å². The fourth-order valence-corrected chi connectivity index (χ4v) is 3.26. The molecule has 1 aliphatic heterocycles. The normalized spacial score (nSPS) is 13.9. The number of amides is 2. The van der Waals surface area contributed by atoms with Gasteiger partial charge in [0.2, 0.25) is 5.88 Å². The highest BCUT2D eigenvalue weighted by Crippen LogP contribution is 2.24. The second-order valence-electron chi connectivity index (χ2n) is 6.64. The highest BCUT2D eigenvalue weighted by molar-refractivity contribution is 5.91. The summed E-state index contributed by atoms with van der Waals surface area (Å²) < 4.78 is 5.17. The zero-order valence-corrected chi connectivity index (χ0v) is 15.8. The molecule has 0 unspecified atom stereocenters. The van der Waals surface area contributed by atoms with Crippen LogP contribution in [-0.4, -0.2) is 49.2 Å². The number of hydrogen-bond acceptors (Lipinski definition) is 5. The number of benzene rings is 1. The van der Waals surface area contributed by atoms with E-state index in [1.165, 1.54) is 30.1 Å². The predicted octanol–water partition coefficient (Wildman–Crippen LogP) is 2.93. The Bertz CT molecular complexity index is 862. The number of piperazine rings is 1. The molecule has 1 aromatic heterocycles. The van der Waals surface area contributed by atoms with Gasteiger partial charge in [0.15, 0.2) is 0 Å². The van der Waals surface area contributed by atoms with E-state index in [0.29, 0.717) is 24.3 Å². The van der Waals surface area contributed by atoms with E-state index in [4.69, 9.17) is 10.00 Å². The largest absolute Gasteiger partial charge is 0.480 e. The molecule has 7 nitrogen and oxygen atoms in total. The van der Waals surface area contributed by atoms with Crippen molar-refractivity contribution in [1.29, 1.82) is 5.26 Å². The molecule has 0 bridgehead atoms. The number of urea groups is 1. The second-order valence-corrected chi connectivity index (χ2v) is 6.64. The van der Waals surface area contributed by atoms with Gasteiger partial charge in [-0.25, -0.2) is 9.78 Å². The van der Waals surface area contributed by atoms with Gasteiger partial charge in [-0.15, -0.1) is 0 Å². The molecule has 0 atom stereocenters. The standard InChI is InChI=1S/C20H23N5O2/c1-14-8-15(2)10-17(9-14)24-4-6-25(7-5-24)20(26)23-18-11-16(12-21)13-22-19(18)27-3/h8-11,13H,4-7H2,1-3H3,(H,23,26). The van der Waals surface area contributed by atoms with Crippen molar-refractivity contribution in [2.24, 2.45) is 0 Å². The van der Waals surface area contributed by atoms with Crippen molar-refractivity contribution in [2.75, 3.05) is 43.5 Å². The number of ether oxygens (including phenoxy) is 1. The first-order chi connectivity index (χ1) is 13.0. The average Bonchev–Trinajstić information content (AvgIpc) is 2.67. The number of anilines is 2. The quantitative estimate of drug-likeness (QED) is 0.904. The summed E-state index contributed by atoms with van der Waals surface area (Å²) >= 11 is 0. The maximum absolute atomic E-state index is 12.6. The highest BCUT2D eigenvalue weighted by atomic mass is 16.5. The molecule has 0 aliphatic carbocycles. The van der Waals surface area contributed by atoms with Gasteiger partial charge in [0.25, 0.3) is 0 Å². The van der Waals surface area contributed by atoms with Gasteiger partial charge in [-0.2, -0.15) is 5.26 Å². The summed E-state index contributed by atoms with van der Waals surface area (Å²) in [5, 5.41) is 11.8. The Hall–Kier alpha value is -3.27. The maximum Gasteiger partial charge on any atom is 0.322 e. The highest BCUT2D eigenvalue weighted by Gasteiger charge is 2.22. The summed E-state index contributed by atoms with van der Waals surface area (Å²) in [6.07, 6.45) is 1.41. The minimum absolute atomic E-state index is 0.217. The van der Waals surface area contributed by atoms with Crippen LogP contribution in [0.3, 0.4) is 0 Å². The van der Waals surface area contributed by atoms with Crippen molar-refractivity contribution in [1.82, 2.24) is 9.88 Å². The molecule has 1 fully saturated rings. The molecule has 0 radical (unpaired) electrons. The topological polar surface area (TPSA) is 81.5 Å². The van der Waals surface area contributed by atoms with E-state index in [1.54, 1.807) is 11.0 Å². The monoisotopic (exact) mass is 365 g/mol. The van der Waals surface area contributed by atoms with Gasteiger partial charge in [0.1, 0.15) is 11.8 Å². The Kier molecular flexibility index (Phi) is 5.46. The van der Waals surface area contributed by atoms with Crippen molar-refractivity contribution in [3.8, 4) is 11.9 Å². The average molecular weight is 365 g/mol. The molecular weight excluding hydrogens is 342 g/mol. The van der Waals surface area contributed by atoms with Crippen LogP contribution in [0.2, 0.25) is 0 Å². The SMILES string of the molecule is COc1ncc(C#N)cc1NC(=O)N1CCN(c2cc(C)cc(C)c2)CC1. The van der Waals surface area contributed by atoms with Crippen molar-refractivity contribution < 1.29 is 9.53 Å². The Morgan fingerprint density at radius 1 is 1.15 bits per heavy atom. The predicted molar refractivity (Wildman–Crippen MR) is 104 cm³/mol. The number of carbonyl (C=O) groups is 1. The van der Waals surface area contributed by atoms with Crippen molar-refractivity contribution >= 4 is 17.4 Å². The van der Waals surface area contributed by atoms with E-state index < -0.39 is 0 Å². The van der Waals surface area contributed by atoms with Crippen LogP contribution >= 0.6 is 0 Å². The number of rotatable bonds is 3. The lowest BCUT2D eigenvalue weighted by Gasteiger charge is -2.36. The molecule has 27 heavy (non-hydrogen) atoms.